The maximum atomic E-state index is 15.1. The molecule has 2 bridgehead atoms. The molecule has 2 aliphatic heterocycles. The molecule has 2 fully saturated rings. The smallest absolute Gasteiger partial charge is 0.356 e. The van der Waals surface area contributed by atoms with Gasteiger partial charge in [0.15, 0.2) is 0 Å². The average Bonchev–Trinajstić information content (AvgIpc) is 1.84. The summed E-state index contributed by atoms with van der Waals surface area (Å²) in [6.45, 7) is 4.02. The highest BCUT2D eigenvalue weighted by molar-refractivity contribution is 7.86. The van der Waals surface area contributed by atoms with E-state index in [9.17, 15) is 59.9 Å². The highest BCUT2D eigenvalue weighted by atomic mass is 32.2. The van der Waals surface area contributed by atoms with Crippen LogP contribution < -0.4 is 45.5 Å². The van der Waals surface area contributed by atoms with Gasteiger partial charge >= 0.3 is 45.5 Å². The summed E-state index contributed by atoms with van der Waals surface area (Å²) in [5, 5.41) is 24.4. The van der Waals surface area contributed by atoms with Gasteiger partial charge in [-0.05, 0) is 71.1 Å². The second-order valence-electron chi connectivity index (χ2n) is 20.6. The number of aliphatic hydroxyl groups excluding tert-OH is 1. The molecule has 87 heavy (non-hydrogen) atoms. The normalized spacial score (nSPS) is 17.0. The van der Waals surface area contributed by atoms with Crippen molar-refractivity contribution in [2.24, 2.45) is 28.2 Å². The zero-order chi connectivity index (χ0) is 63.7. The molecular weight excluding hydrogens is 1190 g/mol. The monoisotopic (exact) mass is 1250 g/mol. The number of halogens is 4. The number of alkyl halides is 3. The molecule has 0 aliphatic carbocycles. The van der Waals surface area contributed by atoms with Gasteiger partial charge in [-0.15, -0.1) is 38.5 Å². The average molecular weight is 1250 g/mol. The van der Waals surface area contributed by atoms with Gasteiger partial charge in [-0.25, -0.2) is 69.6 Å². The quantitative estimate of drug-likeness (QED) is 0.0741. The highest BCUT2D eigenvalue weighted by Gasteiger charge is 2.42. The number of nitrogens with zero attached hydrogens (tertiary/aromatic N) is 20. The molecule has 0 radical (unpaired) electrons. The Balaban J connectivity index is 0.000000160. The Bertz CT molecular complexity index is 4650. The van der Waals surface area contributed by atoms with E-state index in [1.807, 2.05) is 11.1 Å². The second kappa shape index (κ2) is 25.9. The lowest BCUT2D eigenvalue weighted by Crippen LogP contribution is -2.49. The fourth-order valence-corrected chi connectivity index (χ4v) is 10.0. The Morgan fingerprint density at radius 1 is 0.609 bits per heavy atom. The fourth-order valence-electron chi connectivity index (χ4n) is 9.63. The van der Waals surface area contributed by atoms with E-state index in [1.165, 1.54) is 25.8 Å². The molecule has 2 saturated heterocycles. The van der Waals surface area contributed by atoms with Crippen molar-refractivity contribution in [2.75, 3.05) is 26.0 Å². The van der Waals surface area contributed by atoms with Crippen molar-refractivity contribution in [3.63, 3.8) is 0 Å². The van der Waals surface area contributed by atoms with Crippen LogP contribution in [-0.4, -0.2) is 176 Å². The van der Waals surface area contributed by atoms with Crippen LogP contribution in [0.5, 0.6) is 0 Å². The lowest BCUT2D eigenvalue weighted by molar-refractivity contribution is -0.0342. The third-order valence-electron chi connectivity index (χ3n) is 14.4. The van der Waals surface area contributed by atoms with Crippen LogP contribution in [0, 0.1) is 33.5 Å². The molecule has 0 amide bonds. The van der Waals surface area contributed by atoms with Crippen molar-refractivity contribution in [2.45, 2.75) is 116 Å². The lowest BCUT2D eigenvalue weighted by atomic mass is 9.99. The van der Waals surface area contributed by atoms with E-state index in [4.69, 9.17) is 9.84 Å². The summed E-state index contributed by atoms with van der Waals surface area (Å²) in [4.78, 5) is 114. The maximum absolute atomic E-state index is 15.1. The van der Waals surface area contributed by atoms with Crippen LogP contribution in [0.4, 0.5) is 17.6 Å². The van der Waals surface area contributed by atoms with Crippen molar-refractivity contribution >= 4 is 33.2 Å². The Kier molecular flexibility index (Phi) is 19.1. The van der Waals surface area contributed by atoms with E-state index >= 15 is 4.39 Å². The number of nitrogens with one attached hydrogen (secondary N) is 1. The number of H-pyrrole nitrogens is 1. The maximum Gasteiger partial charge on any atom is 0.356 e. The Hall–Kier alpha value is -8.95. The Morgan fingerprint density at radius 3 is 1.45 bits per heavy atom. The summed E-state index contributed by atoms with van der Waals surface area (Å²) in [7, 11) is 2.72. The third kappa shape index (κ3) is 14.2. The van der Waals surface area contributed by atoms with Crippen molar-refractivity contribution in [1.29, 1.82) is 0 Å². The molecule has 5 atom stereocenters. The van der Waals surface area contributed by atoms with E-state index in [0.29, 0.717) is 39.0 Å². The third-order valence-corrected chi connectivity index (χ3v) is 15.0. The minimum atomic E-state index is -3.81. The number of ether oxygens (including phenoxy) is 1. The topological polar surface area (TPSA) is 384 Å². The summed E-state index contributed by atoms with van der Waals surface area (Å²) in [5.41, 5.74) is -5.34. The van der Waals surface area contributed by atoms with Crippen molar-refractivity contribution in [1.82, 2.24) is 100 Å². The number of hydrogen-bond donors (Lipinski definition) is 2. The van der Waals surface area contributed by atoms with E-state index < -0.39 is 100 Å². The van der Waals surface area contributed by atoms with Gasteiger partial charge in [0.05, 0.1) is 51.8 Å². The van der Waals surface area contributed by atoms with Crippen LogP contribution in [0.3, 0.4) is 0 Å². The summed E-state index contributed by atoms with van der Waals surface area (Å²) in [5.74, 6) is 2.31. The molecule has 2 unspecified atom stereocenters. The van der Waals surface area contributed by atoms with Crippen LogP contribution in [-0.2, 0) is 73.5 Å². The SMILES string of the molecule is Cc1nn2c(=O)[nH]c(=O)nc2n1C.Cc1nn2c(=O)n(C[C@H](F)CN3C4CCC3CC(OCc3cccc(F)c3)C4)c(=O)nc2n1C.Cc1nn2c(=O)n(C[C@H](F)CO)c(=O)nc2n1C.Cc1nn2c(=O)n(C[C@H](F)COS(C)(=O)=O)c(=O)nc2n1C. The summed E-state index contributed by atoms with van der Waals surface area (Å²) in [6.07, 6.45) is -0.676. The number of piperidine rings is 1. The van der Waals surface area contributed by atoms with E-state index in [-0.39, 0.29) is 60.2 Å². The van der Waals surface area contributed by atoms with E-state index in [1.54, 1.807) is 66.5 Å². The van der Waals surface area contributed by atoms with Crippen LogP contribution >= 0.6 is 0 Å². The minimum absolute atomic E-state index is 0.0338. The van der Waals surface area contributed by atoms with Crippen LogP contribution in [0.1, 0.15) is 54.5 Å². The first-order chi connectivity index (χ1) is 40.9. The fraction of sp³-hybridized carbons (Fsp3) is 0.542. The molecule has 34 nitrogen and oxygen atoms in total. The molecule has 2 aliphatic rings. The first kappa shape index (κ1) is 64.1. The number of fused-ring (bicyclic) bond motifs is 6. The molecule has 0 spiro atoms. The number of aryl methyl sites for hydroxylation is 8. The number of benzene rings is 1. The standard InChI is InChI=1S/C23H28F2N6O3.C10H14FN5O5S.C9H12FN5O3.C6H7N5O2/c1-14-27-31-21(28(14)2)26-22(32)30(23(31)33)12-17(25)11-29-18-6-7-19(29)10-20(9-18)34-13-15-4-3-5-16(24)8-15;1-6-13-16-8(14(6)2)12-9(17)15(10(16)18)4-7(11)5-21-22(3,19)20;1-5-12-15-7(13(5)2)11-8(17)14(9(15)18)3-6(10)4-16;1-3-9-11-5(10(3)2)7-4(12)8-6(11)13/h3-5,8,17-20H,6-7,9-13H2,1-2H3;7H,4-5H2,1-3H3;6,16H,3-4H2,1-2H3;1-2H3,(H,8,12,13)/t17-,18?,19?,20?;7-;6-;/m100./s1. The van der Waals surface area contributed by atoms with Crippen molar-refractivity contribution in [3.05, 3.63) is 143 Å². The molecule has 39 heteroatoms. The molecule has 0 saturated carbocycles. The van der Waals surface area contributed by atoms with Crippen molar-refractivity contribution < 1.29 is 40.0 Å². The Labute approximate surface area is 485 Å². The molecule has 2 N–H and O–H groups in total. The van der Waals surface area contributed by atoms with Crippen LogP contribution in [0.25, 0.3) is 23.1 Å². The predicted octanol–water partition coefficient (Wildman–Crippen LogP) is -3.55. The molecular formula is C48H61F4N21O13S. The summed E-state index contributed by atoms with van der Waals surface area (Å²) in [6, 6.07) is 6.76. The number of hydrogen-bond acceptors (Lipinski definition) is 22. The zero-order valence-electron chi connectivity index (χ0n) is 48.3. The van der Waals surface area contributed by atoms with Crippen LogP contribution in [0.2, 0.25) is 0 Å². The number of aliphatic hydroxyl groups is 1. The van der Waals surface area contributed by atoms with Gasteiger partial charge in [0.2, 0.25) is 23.1 Å². The lowest BCUT2D eigenvalue weighted by Gasteiger charge is -2.39. The van der Waals surface area contributed by atoms with E-state index in [0.717, 1.165) is 60.1 Å². The Morgan fingerprint density at radius 2 is 1.02 bits per heavy atom. The first-order valence-corrected chi connectivity index (χ1v) is 28.4. The highest BCUT2D eigenvalue weighted by Crippen LogP contribution is 2.37. The molecule has 11 rings (SSSR count). The van der Waals surface area contributed by atoms with Gasteiger partial charge in [-0.3, -0.25) is 32.3 Å². The molecule has 1 aromatic carbocycles. The van der Waals surface area contributed by atoms with Crippen LogP contribution in [0.15, 0.2) is 62.6 Å². The van der Waals surface area contributed by atoms with Gasteiger partial charge in [0, 0.05) is 46.8 Å². The summed E-state index contributed by atoms with van der Waals surface area (Å²) < 4.78 is 99.1. The van der Waals surface area contributed by atoms with Gasteiger partial charge in [-0.1, -0.05) is 12.1 Å². The second-order valence-corrected chi connectivity index (χ2v) is 22.2. The molecule has 9 aromatic rings. The largest absolute Gasteiger partial charge is 0.393 e. The molecule has 8 aromatic heterocycles. The summed E-state index contributed by atoms with van der Waals surface area (Å²) >= 11 is 0. The van der Waals surface area contributed by atoms with Gasteiger partial charge in [0.25, 0.3) is 10.1 Å². The van der Waals surface area contributed by atoms with E-state index in [2.05, 4.69) is 49.4 Å². The van der Waals surface area contributed by atoms with Gasteiger partial charge in [0.1, 0.15) is 47.6 Å². The molecule has 470 valence electrons. The number of rotatable bonds is 15. The van der Waals surface area contributed by atoms with Gasteiger partial charge < -0.3 is 9.84 Å². The van der Waals surface area contributed by atoms with Crippen molar-refractivity contribution in [3.8, 4) is 0 Å². The number of aromatic nitrogens is 20. The zero-order valence-corrected chi connectivity index (χ0v) is 49.1. The first-order valence-electron chi connectivity index (χ1n) is 26.6. The predicted molar refractivity (Wildman–Crippen MR) is 296 cm³/mol. The van der Waals surface area contributed by atoms with Gasteiger partial charge in [-0.2, -0.15) is 28.4 Å². The molecule has 10 heterocycles. The number of aromatic amines is 1. The minimum Gasteiger partial charge on any atom is -0.393 e.